The summed E-state index contributed by atoms with van der Waals surface area (Å²) in [5, 5.41) is 11.6. The Morgan fingerprint density at radius 3 is 2.71 bits per heavy atom. The number of nitrogens with zero attached hydrogens (tertiary/aromatic N) is 2. The van der Waals surface area contributed by atoms with Gasteiger partial charge in [0.2, 0.25) is 0 Å². The summed E-state index contributed by atoms with van der Waals surface area (Å²) in [6.07, 6.45) is 0. The Morgan fingerprint density at radius 2 is 2.00 bits per heavy atom. The largest absolute Gasteiger partial charge is 0.396 e. The molecule has 0 saturated carbocycles. The monoisotopic (exact) mass is 228 g/mol. The van der Waals surface area contributed by atoms with Crippen molar-refractivity contribution in [1.29, 1.82) is 5.26 Å². The van der Waals surface area contributed by atoms with Gasteiger partial charge in [-0.1, -0.05) is 12.1 Å². The molecule has 84 valence electrons. The molecule has 0 bridgehead atoms. The second-order valence-corrected chi connectivity index (χ2v) is 3.35. The molecule has 0 radical (unpaired) electrons. The fraction of sp³-hybridized carbons (Fsp3) is 0. The fourth-order valence-electron chi connectivity index (χ4n) is 1.33. The predicted octanol–water partition coefficient (Wildman–Crippen LogP) is 2.42. The van der Waals surface area contributed by atoms with E-state index in [-0.39, 0.29) is 11.5 Å². The van der Waals surface area contributed by atoms with Gasteiger partial charge in [-0.05, 0) is 24.3 Å². The van der Waals surface area contributed by atoms with Crippen molar-refractivity contribution in [2.75, 3.05) is 11.1 Å². The number of anilines is 3. The van der Waals surface area contributed by atoms with Crippen molar-refractivity contribution < 1.29 is 4.39 Å². The van der Waals surface area contributed by atoms with Crippen LogP contribution < -0.4 is 11.1 Å². The van der Waals surface area contributed by atoms with Crippen molar-refractivity contribution in [3.8, 4) is 6.07 Å². The van der Waals surface area contributed by atoms with E-state index in [1.807, 2.05) is 6.07 Å². The number of nitrogen functional groups attached to an aromatic ring is 1. The summed E-state index contributed by atoms with van der Waals surface area (Å²) in [6, 6.07) is 11.2. The highest BCUT2D eigenvalue weighted by Gasteiger charge is 2.04. The molecule has 2 aromatic rings. The van der Waals surface area contributed by atoms with Crippen molar-refractivity contribution in [3.05, 3.63) is 47.9 Å². The van der Waals surface area contributed by atoms with E-state index in [4.69, 9.17) is 11.0 Å². The van der Waals surface area contributed by atoms with Crippen molar-refractivity contribution in [2.45, 2.75) is 0 Å². The third kappa shape index (κ3) is 2.32. The van der Waals surface area contributed by atoms with Crippen molar-refractivity contribution >= 4 is 17.2 Å². The Labute approximate surface area is 97.5 Å². The van der Waals surface area contributed by atoms with E-state index in [0.717, 1.165) is 0 Å². The number of hydrogen-bond acceptors (Lipinski definition) is 4. The van der Waals surface area contributed by atoms with Gasteiger partial charge in [0.15, 0.2) is 5.69 Å². The summed E-state index contributed by atoms with van der Waals surface area (Å²) in [5.41, 5.74) is 6.25. The van der Waals surface area contributed by atoms with Crippen LogP contribution in [0.3, 0.4) is 0 Å². The zero-order valence-corrected chi connectivity index (χ0v) is 8.81. The number of aromatic nitrogens is 1. The van der Waals surface area contributed by atoms with Gasteiger partial charge in [0, 0.05) is 0 Å². The molecule has 0 aliphatic carbocycles. The summed E-state index contributed by atoms with van der Waals surface area (Å²) in [5.74, 6) is -0.00881. The molecule has 4 nitrogen and oxygen atoms in total. The normalized spacial score (nSPS) is 9.65. The maximum atomic E-state index is 13.4. The molecular weight excluding hydrogens is 219 g/mol. The predicted molar refractivity (Wildman–Crippen MR) is 63.0 cm³/mol. The lowest BCUT2D eigenvalue weighted by molar-refractivity contribution is 0.632. The third-order valence-electron chi connectivity index (χ3n) is 2.17. The highest BCUT2D eigenvalue weighted by atomic mass is 19.1. The van der Waals surface area contributed by atoms with E-state index >= 15 is 0 Å². The molecule has 0 fully saturated rings. The van der Waals surface area contributed by atoms with Gasteiger partial charge in [-0.25, -0.2) is 9.37 Å². The Balaban J connectivity index is 2.32. The van der Waals surface area contributed by atoms with E-state index < -0.39 is 0 Å². The summed E-state index contributed by atoms with van der Waals surface area (Å²) >= 11 is 0. The van der Waals surface area contributed by atoms with Gasteiger partial charge in [-0.15, -0.1) is 0 Å². The average molecular weight is 228 g/mol. The van der Waals surface area contributed by atoms with E-state index in [0.29, 0.717) is 17.2 Å². The molecule has 3 N–H and O–H groups in total. The van der Waals surface area contributed by atoms with Crippen LogP contribution in [-0.4, -0.2) is 4.98 Å². The van der Waals surface area contributed by atoms with Gasteiger partial charge in [0.25, 0.3) is 0 Å². The third-order valence-corrected chi connectivity index (χ3v) is 2.17. The lowest BCUT2D eigenvalue weighted by Gasteiger charge is -2.07. The molecule has 0 saturated heterocycles. The quantitative estimate of drug-likeness (QED) is 0.827. The smallest absolute Gasteiger partial charge is 0.165 e. The second kappa shape index (κ2) is 4.49. The summed E-state index contributed by atoms with van der Waals surface area (Å²) in [4.78, 5) is 3.96. The lowest BCUT2D eigenvalue weighted by atomic mass is 10.3. The molecule has 2 rings (SSSR count). The number of halogens is 1. The molecule has 1 aromatic carbocycles. The molecule has 0 spiro atoms. The number of benzene rings is 1. The number of para-hydroxylation sites is 1. The van der Waals surface area contributed by atoms with Gasteiger partial charge in [-0.3, -0.25) is 0 Å². The van der Waals surface area contributed by atoms with Gasteiger partial charge in [0.05, 0.1) is 11.4 Å². The van der Waals surface area contributed by atoms with Crippen LogP contribution >= 0.6 is 0 Å². The van der Waals surface area contributed by atoms with Gasteiger partial charge in [0.1, 0.15) is 17.7 Å². The standard InChI is InChI=1S/C12H9FN4/c13-8-3-1-2-4-10(8)16-12-6-5-9(15)11(7-14)17-12/h1-6H,15H2,(H,16,17). The Morgan fingerprint density at radius 1 is 1.24 bits per heavy atom. The van der Waals surface area contributed by atoms with Gasteiger partial charge < -0.3 is 11.1 Å². The van der Waals surface area contributed by atoms with Crippen LogP contribution in [0, 0.1) is 17.1 Å². The number of nitrogens with two attached hydrogens (primary N) is 1. The van der Waals surface area contributed by atoms with Crippen LogP contribution in [-0.2, 0) is 0 Å². The van der Waals surface area contributed by atoms with E-state index in [2.05, 4.69) is 10.3 Å². The van der Waals surface area contributed by atoms with Crippen molar-refractivity contribution in [1.82, 2.24) is 4.98 Å². The fourth-order valence-corrected chi connectivity index (χ4v) is 1.33. The first-order valence-corrected chi connectivity index (χ1v) is 4.89. The van der Waals surface area contributed by atoms with E-state index in [1.54, 1.807) is 30.3 Å². The van der Waals surface area contributed by atoms with Crippen molar-refractivity contribution in [2.24, 2.45) is 0 Å². The van der Waals surface area contributed by atoms with Crippen LogP contribution in [0.15, 0.2) is 36.4 Å². The number of rotatable bonds is 2. The first kappa shape index (κ1) is 10.9. The van der Waals surface area contributed by atoms with Gasteiger partial charge >= 0.3 is 0 Å². The second-order valence-electron chi connectivity index (χ2n) is 3.35. The molecule has 0 atom stereocenters. The average Bonchev–Trinajstić information content (AvgIpc) is 2.34. The maximum absolute atomic E-state index is 13.4. The minimum Gasteiger partial charge on any atom is -0.396 e. The number of nitrogens with one attached hydrogen (secondary N) is 1. The Hall–Kier alpha value is -2.61. The summed E-state index contributed by atoms with van der Waals surface area (Å²) in [7, 11) is 0. The minimum absolute atomic E-state index is 0.117. The first-order valence-electron chi connectivity index (χ1n) is 4.89. The molecule has 1 heterocycles. The number of hydrogen-bond donors (Lipinski definition) is 2. The Bertz CT molecular complexity index is 589. The van der Waals surface area contributed by atoms with Crippen LogP contribution in [0.25, 0.3) is 0 Å². The molecule has 5 heteroatoms. The lowest BCUT2D eigenvalue weighted by Crippen LogP contribution is -2.00. The van der Waals surface area contributed by atoms with Crippen LogP contribution in [0.1, 0.15) is 5.69 Å². The number of pyridine rings is 1. The van der Waals surface area contributed by atoms with Crippen LogP contribution in [0.2, 0.25) is 0 Å². The molecule has 0 amide bonds. The summed E-state index contributed by atoms with van der Waals surface area (Å²) in [6.45, 7) is 0. The maximum Gasteiger partial charge on any atom is 0.165 e. The topological polar surface area (TPSA) is 74.7 Å². The summed E-state index contributed by atoms with van der Waals surface area (Å²) < 4.78 is 13.4. The first-order chi connectivity index (χ1) is 8.20. The van der Waals surface area contributed by atoms with Crippen molar-refractivity contribution in [3.63, 3.8) is 0 Å². The van der Waals surface area contributed by atoms with E-state index in [1.165, 1.54) is 6.07 Å². The highest BCUT2D eigenvalue weighted by Crippen LogP contribution is 2.19. The molecular formula is C12H9FN4. The van der Waals surface area contributed by atoms with Crippen LogP contribution in [0.5, 0.6) is 0 Å². The van der Waals surface area contributed by atoms with Crippen LogP contribution in [0.4, 0.5) is 21.6 Å². The zero-order valence-electron chi connectivity index (χ0n) is 8.81. The van der Waals surface area contributed by atoms with Gasteiger partial charge in [-0.2, -0.15) is 5.26 Å². The molecule has 17 heavy (non-hydrogen) atoms. The molecule has 0 aliphatic heterocycles. The number of nitriles is 1. The molecule has 0 aliphatic rings. The highest BCUT2D eigenvalue weighted by molar-refractivity contribution is 5.61. The molecule has 0 unspecified atom stereocenters. The van der Waals surface area contributed by atoms with E-state index in [9.17, 15) is 4.39 Å². The molecule has 1 aromatic heterocycles. The SMILES string of the molecule is N#Cc1nc(Nc2ccccc2F)ccc1N. The zero-order chi connectivity index (χ0) is 12.3. The minimum atomic E-state index is -0.385. The Kier molecular flexibility index (Phi) is 2.88.